The van der Waals surface area contributed by atoms with Gasteiger partial charge in [0, 0.05) is 35.9 Å². The van der Waals surface area contributed by atoms with Crippen LogP contribution in [0.5, 0.6) is 0 Å². The highest BCUT2D eigenvalue weighted by Gasteiger charge is 2.18. The molecule has 3 rings (SSSR count). The van der Waals surface area contributed by atoms with E-state index in [1.165, 1.54) is 0 Å². The molecule has 0 fully saturated rings. The van der Waals surface area contributed by atoms with Gasteiger partial charge in [-0.2, -0.15) is 4.57 Å². The van der Waals surface area contributed by atoms with Crippen LogP contribution < -0.4 is 33.9 Å². The molecule has 2 aromatic carbocycles. The van der Waals surface area contributed by atoms with Crippen molar-refractivity contribution in [2.45, 2.75) is 6.54 Å². The molecule has 0 radical (unpaired) electrons. The molecule has 0 saturated heterocycles. The Hall–Kier alpha value is -2.51. The van der Waals surface area contributed by atoms with E-state index in [1.54, 1.807) is 42.1 Å². The van der Waals surface area contributed by atoms with E-state index in [0.29, 0.717) is 10.7 Å². The quantitative estimate of drug-likeness (QED) is 0.172. The van der Waals surface area contributed by atoms with Gasteiger partial charge in [-0.15, -0.1) is 0 Å². The van der Waals surface area contributed by atoms with Gasteiger partial charge in [-0.25, -0.2) is 0 Å². The van der Waals surface area contributed by atoms with E-state index < -0.39 is 0 Å². The number of hydrogen-bond donors (Lipinski definition) is 1. The molecule has 1 N–H and O–H groups in total. The molecule has 148 valence electrons. The Bertz CT molecular complexity index is 1020. The first-order valence-electron chi connectivity index (χ1n) is 8.85. The number of nitrogens with zero attached hydrogens (tertiary/aromatic N) is 1. The van der Waals surface area contributed by atoms with Crippen LogP contribution in [0.3, 0.4) is 0 Å². The Morgan fingerprint density at radius 1 is 0.897 bits per heavy atom. The lowest BCUT2D eigenvalue weighted by Crippen LogP contribution is -3.00. The Kier molecular flexibility index (Phi) is 8.54. The zero-order valence-electron chi connectivity index (χ0n) is 15.8. The van der Waals surface area contributed by atoms with Crippen LogP contribution in [0.15, 0.2) is 85.1 Å². The van der Waals surface area contributed by atoms with Crippen molar-refractivity contribution in [2.24, 2.45) is 0 Å². The highest BCUT2D eigenvalue weighted by molar-refractivity contribution is 6.28. The lowest BCUT2D eigenvalue weighted by molar-refractivity contribution is -0.681. The molecule has 0 aliphatic heterocycles. The van der Waals surface area contributed by atoms with Gasteiger partial charge in [0.05, 0.1) is 0 Å². The SMILES string of the molecule is CNC(=O)C=C(c1ccccc1)c1ccc(Cl)[n+](CC(=O)c2ccccc2)c1.[I-]. The highest BCUT2D eigenvalue weighted by Crippen LogP contribution is 2.23. The molecule has 4 nitrogen and oxygen atoms in total. The predicted octanol–water partition coefficient (Wildman–Crippen LogP) is 0.692. The van der Waals surface area contributed by atoms with E-state index in [9.17, 15) is 9.59 Å². The molecule has 0 atom stereocenters. The Labute approximate surface area is 192 Å². The number of aromatic nitrogens is 1. The van der Waals surface area contributed by atoms with Crippen LogP contribution in [-0.2, 0) is 11.3 Å². The third kappa shape index (κ3) is 5.98. The molecule has 3 aromatic rings. The molecule has 0 aliphatic carbocycles. The van der Waals surface area contributed by atoms with E-state index >= 15 is 0 Å². The van der Waals surface area contributed by atoms with Crippen LogP contribution in [-0.4, -0.2) is 18.7 Å². The maximum atomic E-state index is 12.6. The predicted molar refractivity (Wildman–Crippen MR) is 110 cm³/mol. The minimum Gasteiger partial charge on any atom is -1.00 e. The van der Waals surface area contributed by atoms with Crippen molar-refractivity contribution < 1.29 is 38.1 Å². The van der Waals surface area contributed by atoms with Crippen molar-refractivity contribution >= 4 is 28.9 Å². The second-order valence-corrected chi connectivity index (χ2v) is 6.58. The lowest BCUT2D eigenvalue weighted by atomic mass is 9.98. The van der Waals surface area contributed by atoms with Gasteiger partial charge in [0.1, 0.15) is 0 Å². The molecule has 0 unspecified atom stereocenters. The summed E-state index contributed by atoms with van der Waals surface area (Å²) in [7, 11) is 1.59. The van der Waals surface area contributed by atoms with Crippen molar-refractivity contribution in [3.63, 3.8) is 0 Å². The lowest BCUT2D eigenvalue weighted by Gasteiger charge is -2.08. The smallest absolute Gasteiger partial charge is 0.275 e. The van der Waals surface area contributed by atoms with Crippen molar-refractivity contribution in [3.8, 4) is 0 Å². The molecule has 0 spiro atoms. The maximum Gasteiger partial charge on any atom is 0.275 e. The second-order valence-electron chi connectivity index (χ2n) is 6.20. The Morgan fingerprint density at radius 3 is 2.07 bits per heavy atom. The first-order valence-corrected chi connectivity index (χ1v) is 9.22. The summed E-state index contributed by atoms with van der Waals surface area (Å²) in [6.45, 7) is 0.110. The molecule has 29 heavy (non-hydrogen) atoms. The number of likely N-dealkylation sites (N-methyl/N-ethyl adjacent to an activating group) is 1. The van der Waals surface area contributed by atoms with Gasteiger partial charge in [0.25, 0.3) is 5.15 Å². The number of rotatable bonds is 6. The Balaban J connectivity index is 0.00000300. The summed E-state index contributed by atoms with van der Waals surface area (Å²) < 4.78 is 1.69. The summed E-state index contributed by atoms with van der Waals surface area (Å²) in [6.07, 6.45) is 3.34. The van der Waals surface area contributed by atoms with E-state index in [1.807, 2.05) is 54.6 Å². The van der Waals surface area contributed by atoms with Crippen LogP contribution in [0.4, 0.5) is 0 Å². The molecule has 1 aromatic heterocycles. The number of carbonyl (C=O) groups is 2. The molecular formula is C23H20ClIN2O2. The van der Waals surface area contributed by atoms with E-state index in [2.05, 4.69) is 5.32 Å². The molecule has 1 amide bonds. The summed E-state index contributed by atoms with van der Waals surface area (Å²) in [5.74, 6) is -0.248. The van der Waals surface area contributed by atoms with Crippen LogP contribution in [0.25, 0.3) is 5.57 Å². The number of Topliss-reactive ketones (excluding diaryl/α,β-unsaturated/α-hetero) is 1. The number of nitrogens with one attached hydrogen (secondary N) is 1. The average molecular weight is 519 g/mol. The van der Waals surface area contributed by atoms with Crippen LogP contribution in [0.1, 0.15) is 21.5 Å². The zero-order valence-corrected chi connectivity index (χ0v) is 18.7. The minimum absolute atomic E-state index is 0. The van der Waals surface area contributed by atoms with E-state index in [4.69, 9.17) is 11.6 Å². The van der Waals surface area contributed by atoms with Gasteiger partial charge < -0.3 is 29.3 Å². The standard InChI is InChI=1S/C23H19ClN2O2.HI/c1-25-23(28)14-20(17-8-4-2-5-9-17)19-12-13-22(24)26(15-19)16-21(27)18-10-6-3-7-11-18;/h2-15H,16H2,1H3;1H. The van der Waals surface area contributed by atoms with E-state index in [-0.39, 0.29) is 42.2 Å². The van der Waals surface area contributed by atoms with Gasteiger partial charge in [0.15, 0.2) is 6.20 Å². The third-order valence-electron chi connectivity index (χ3n) is 4.30. The normalized spacial score (nSPS) is 10.8. The maximum absolute atomic E-state index is 12.6. The van der Waals surface area contributed by atoms with Crippen molar-refractivity contribution in [2.75, 3.05) is 7.05 Å². The summed E-state index contributed by atoms with van der Waals surface area (Å²) in [5, 5.41) is 3.06. The average Bonchev–Trinajstić information content (AvgIpc) is 2.74. The highest BCUT2D eigenvalue weighted by atomic mass is 127. The fourth-order valence-corrected chi connectivity index (χ4v) is 3.00. The summed E-state index contributed by atoms with van der Waals surface area (Å²) in [5.41, 5.74) is 3.06. The van der Waals surface area contributed by atoms with Gasteiger partial charge in [0.2, 0.25) is 18.2 Å². The van der Waals surface area contributed by atoms with Crippen molar-refractivity contribution in [1.82, 2.24) is 5.32 Å². The van der Waals surface area contributed by atoms with Crippen molar-refractivity contribution in [3.05, 3.63) is 107 Å². The first-order chi connectivity index (χ1) is 13.6. The van der Waals surface area contributed by atoms with Crippen LogP contribution in [0.2, 0.25) is 5.15 Å². The molecule has 0 aliphatic rings. The summed E-state index contributed by atoms with van der Waals surface area (Å²) >= 11 is 6.32. The summed E-state index contributed by atoms with van der Waals surface area (Å²) in [4.78, 5) is 24.6. The van der Waals surface area contributed by atoms with Gasteiger partial charge >= 0.3 is 0 Å². The van der Waals surface area contributed by atoms with Gasteiger partial charge in [-0.05, 0) is 23.2 Å². The van der Waals surface area contributed by atoms with Crippen molar-refractivity contribution in [1.29, 1.82) is 0 Å². The topological polar surface area (TPSA) is 50.1 Å². The number of hydrogen-bond acceptors (Lipinski definition) is 2. The molecule has 1 heterocycles. The third-order valence-corrected chi connectivity index (χ3v) is 4.64. The minimum atomic E-state index is -0.208. The Morgan fingerprint density at radius 2 is 1.48 bits per heavy atom. The first kappa shape index (κ1) is 22.8. The van der Waals surface area contributed by atoms with E-state index in [0.717, 1.165) is 16.7 Å². The number of carbonyl (C=O) groups excluding carboxylic acids is 2. The van der Waals surface area contributed by atoms with Crippen LogP contribution >= 0.6 is 11.6 Å². The zero-order chi connectivity index (χ0) is 19.9. The molecule has 6 heteroatoms. The van der Waals surface area contributed by atoms with Crippen LogP contribution in [0, 0.1) is 0 Å². The fourth-order valence-electron chi connectivity index (χ4n) is 2.83. The number of halogens is 2. The van der Waals surface area contributed by atoms with Gasteiger partial charge in [-0.1, -0.05) is 60.7 Å². The number of benzene rings is 2. The number of amides is 1. The monoisotopic (exact) mass is 518 g/mol. The molecule has 0 bridgehead atoms. The molecule has 0 saturated carbocycles. The largest absolute Gasteiger partial charge is 1.00 e. The number of ketones is 1. The summed E-state index contributed by atoms with van der Waals surface area (Å²) in [6, 6.07) is 22.3. The second kappa shape index (κ2) is 10.9. The van der Waals surface area contributed by atoms with Gasteiger partial charge in [-0.3, -0.25) is 9.59 Å². The molecular weight excluding hydrogens is 499 g/mol. The fraction of sp³-hybridized carbons (Fsp3) is 0.0870. The number of pyridine rings is 1.